The molecule has 0 bridgehead atoms. The number of carbonyl (C=O) groups excluding carboxylic acids is 2. The monoisotopic (exact) mass is 883 g/mol. The molecule has 2 aliphatic carbocycles. The zero-order chi connectivity index (χ0) is 45.1. The van der Waals surface area contributed by atoms with Crippen molar-refractivity contribution in [2.24, 2.45) is 22.7 Å². The number of hydrogen-bond donors (Lipinski definition) is 0. The number of nitrogens with zero attached hydrogens (tertiary/aromatic N) is 2. The van der Waals surface area contributed by atoms with E-state index in [-0.39, 0.29) is 44.0 Å². The molecule has 4 nitrogen and oxygen atoms in total. The van der Waals surface area contributed by atoms with E-state index < -0.39 is 59.1 Å². The summed E-state index contributed by atoms with van der Waals surface area (Å²) >= 11 is -5.29. The van der Waals surface area contributed by atoms with Crippen molar-refractivity contribution in [2.45, 2.75) is 155 Å². The van der Waals surface area contributed by atoms with Crippen LogP contribution in [0.25, 0.3) is 0 Å². The molecule has 336 valence electrons. The molecule has 0 heterocycles. The van der Waals surface area contributed by atoms with E-state index in [0.29, 0.717) is 37.5 Å². The first-order valence-electron chi connectivity index (χ1n) is 23.3. The topological polar surface area (TPSA) is 40.6 Å². The zero-order valence-corrected chi connectivity index (χ0v) is 40.4. The second-order valence-electron chi connectivity index (χ2n) is 18.8. The second-order valence-corrected chi connectivity index (χ2v) is 25.1. The van der Waals surface area contributed by atoms with Gasteiger partial charge in [0.15, 0.2) is 0 Å². The van der Waals surface area contributed by atoms with Crippen LogP contribution in [-0.4, -0.2) is 24.9 Å². The van der Waals surface area contributed by atoms with Crippen molar-refractivity contribution in [3.05, 3.63) is 96.1 Å². The van der Waals surface area contributed by atoms with E-state index >= 15 is 17.6 Å². The van der Waals surface area contributed by atoms with Crippen LogP contribution < -0.4 is 17.5 Å². The van der Waals surface area contributed by atoms with Crippen LogP contribution in [0.5, 0.6) is 0 Å². The Morgan fingerprint density at radius 2 is 0.918 bits per heavy atom. The van der Waals surface area contributed by atoms with Gasteiger partial charge in [-0.15, -0.1) is 0 Å². The summed E-state index contributed by atoms with van der Waals surface area (Å²) in [5.41, 5.74) is -1.87. The van der Waals surface area contributed by atoms with Gasteiger partial charge in [0.25, 0.3) is 0 Å². The average Bonchev–Trinajstić information content (AvgIpc) is 4.00. The third kappa shape index (κ3) is 10.9. The summed E-state index contributed by atoms with van der Waals surface area (Å²) in [5, 5.41) is 0. The number of rotatable bonds is 24. The van der Waals surface area contributed by atoms with Gasteiger partial charge >= 0.3 is 371 Å². The van der Waals surface area contributed by atoms with Crippen molar-refractivity contribution >= 4 is 30.9 Å². The molecule has 0 radical (unpaired) electrons. The fraction of sp³-hybridized carbons (Fsp3) is 0.577. The molecule has 2 atom stereocenters. The number of halogens is 4. The third-order valence-electron chi connectivity index (χ3n) is 14.1. The average molecular weight is 883 g/mol. The molecule has 0 saturated carbocycles. The van der Waals surface area contributed by atoms with Crippen LogP contribution in [0.4, 0.5) is 28.9 Å². The zero-order valence-electron chi connectivity index (χ0n) is 38.9. The van der Waals surface area contributed by atoms with Crippen LogP contribution in [0.15, 0.2) is 72.9 Å². The van der Waals surface area contributed by atoms with Gasteiger partial charge in [0.1, 0.15) is 0 Å². The van der Waals surface area contributed by atoms with Crippen molar-refractivity contribution < 1.29 is 43.7 Å². The van der Waals surface area contributed by atoms with E-state index in [4.69, 9.17) is 0 Å². The van der Waals surface area contributed by atoms with Crippen molar-refractivity contribution in [3.63, 3.8) is 0 Å². The fourth-order valence-corrected chi connectivity index (χ4v) is 17.9. The number of anilines is 2. The van der Waals surface area contributed by atoms with Crippen LogP contribution in [0.2, 0.25) is 8.45 Å². The molecule has 2 aliphatic rings. The van der Waals surface area contributed by atoms with Crippen LogP contribution in [-0.2, 0) is 26.2 Å². The third-order valence-corrected chi connectivity index (χ3v) is 22.6. The molecule has 0 spiro atoms. The summed E-state index contributed by atoms with van der Waals surface area (Å²) in [4.78, 5) is 32.1. The molecule has 61 heavy (non-hydrogen) atoms. The van der Waals surface area contributed by atoms with Gasteiger partial charge in [-0.05, 0) is 0 Å². The predicted octanol–water partition coefficient (Wildman–Crippen LogP) is 13.9. The summed E-state index contributed by atoms with van der Waals surface area (Å²) < 4.78 is 69.1. The summed E-state index contributed by atoms with van der Waals surface area (Å²) in [6.45, 7) is 20.1. The Bertz CT molecular complexity index is 1770. The number of hydrogen-bond acceptors (Lipinski definition) is 2. The predicted molar refractivity (Wildman–Crippen MR) is 245 cm³/mol. The summed E-state index contributed by atoms with van der Waals surface area (Å²) in [7, 11) is 0. The number of carbonyl (C=O) groups is 2. The molecule has 2 unspecified atom stereocenters. The minimum atomic E-state index is -5.29. The van der Waals surface area contributed by atoms with Gasteiger partial charge in [0, 0.05) is 0 Å². The van der Waals surface area contributed by atoms with E-state index in [2.05, 4.69) is 27.7 Å². The molecule has 0 aromatic heterocycles. The number of amides is 2. The van der Waals surface area contributed by atoms with E-state index in [1.54, 1.807) is 24.3 Å². The summed E-state index contributed by atoms with van der Waals surface area (Å²) in [6, 6.07) is 5.04. The molecule has 0 fully saturated rings. The normalized spacial score (nSPS) is 15.6. The summed E-state index contributed by atoms with van der Waals surface area (Å²) in [6.07, 6.45) is 24.5. The van der Waals surface area contributed by atoms with Gasteiger partial charge in [-0.2, -0.15) is 0 Å². The maximum atomic E-state index is 18.3. The Morgan fingerprint density at radius 3 is 1.21 bits per heavy atom. The van der Waals surface area contributed by atoms with Gasteiger partial charge in [0.2, 0.25) is 0 Å². The van der Waals surface area contributed by atoms with Gasteiger partial charge in [-0.25, -0.2) is 0 Å². The van der Waals surface area contributed by atoms with Gasteiger partial charge in [-0.1, -0.05) is 0 Å². The SMILES string of the molecule is CCCCC(CC)CCN(C(=O)C(C)(C)CC)c1ccc(F)[c]([Ti]([c]2c(F)ccc(N(CCC(CC)CCCC)C(=O)C(C)(C)CC)c2F)([CH]2C=CC=C2)[CH]2C=CC=C2)c1F. The Morgan fingerprint density at radius 1 is 0.574 bits per heavy atom. The Kier molecular flexibility index (Phi) is 18.5. The minimum absolute atomic E-state index is 0.0728. The Labute approximate surface area is 369 Å². The maximum absolute atomic E-state index is 18.3. The number of unbranched alkanes of at least 4 members (excludes halogenated alkanes) is 2. The van der Waals surface area contributed by atoms with Crippen LogP contribution in [0.3, 0.4) is 0 Å². The molecule has 0 saturated heterocycles. The van der Waals surface area contributed by atoms with Crippen molar-refractivity contribution in [2.75, 3.05) is 22.9 Å². The molecule has 0 N–H and O–H groups in total. The van der Waals surface area contributed by atoms with Crippen molar-refractivity contribution in [1.29, 1.82) is 0 Å². The summed E-state index contributed by atoms with van der Waals surface area (Å²) in [5.74, 6) is -3.66. The molecule has 0 aliphatic heterocycles. The first-order chi connectivity index (χ1) is 29.0. The fourth-order valence-electron chi connectivity index (χ4n) is 9.15. The van der Waals surface area contributed by atoms with Crippen molar-refractivity contribution in [1.82, 2.24) is 0 Å². The standard InChI is InChI=1S/2C21H32F2NO.2C5H5.Ti/c2*1-6-9-10-16(7-2)13-14-24(20(25)21(4,5)8-3)19-12-11-17(22)15-18(19)23;2*1-2-4-5-3-1;/h2*11-12,16H,6-10,13-14H2,1-5H3;2*1-5H;. The van der Waals surface area contributed by atoms with E-state index in [1.807, 2.05) is 65.8 Å². The van der Waals surface area contributed by atoms with Crippen LogP contribution in [0.1, 0.15) is 146 Å². The van der Waals surface area contributed by atoms with Gasteiger partial charge in [0.05, 0.1) is 0 Å². The van der Waals surface area contributed by atoms with Crippen molar-refractivity contribution in [3.8, 4) is 0 Å². The second kappa shape index (κ2) is 22.4. The first-order valence-corrected chi connectivity index (χ1v) is 26.7. The quantitative estimate of drug-likeness (QED) is 0.0778. The molecule has 4 rings (SSSR count). The molecule has 2 amide bonds. The number of allylic oxidation sites excluding steroid dienone is 8. The Hall–Kier alpha value is -3.23. The molecule has 2 aromatic carbocycles. The van der Waals surface area contributed by atoms with Gasteiger partial charge < -0.3 is 0 Å². The molecular formula is C52H74F4N2O2Ti. The Balaban J connectivity index is 2.09. The van der Waals surface area contributed by atoms with E-state index in [9.17, 15) is 9.59 Å². The van der Waals surface area contributed by atoms with Crippen LogP contribution >= 0.6 is 0 Å². The molecule has 2 aromatic rings. The van der Waals surface area contributed by atoms with E-state index in [0.717, 1.165) is 51.4 Å². The number of benzene rings is 2. The van der Waals surface area contributed by atoms with Gasteiger partial charge in [-0.3, -0.25) is 0 Å². The molecular weight excluding hydrogens is 808 g/mol. The van der Waals surface area contributed by atoms with Crippen LogP contribution in [0, 0.1) is 45.9 Å². The molecule has 9 heteroatoms. The van der Waals surface area contributed by atoms with E-state index in [1.165, 1.54) is 34.1 Å². The first kappa shape index (κ1) is 50.4.